The number of urea groups is 1. The lowest BCUT2D eigenvalue weighted by Crippen LogP contribution is -2.50. The van der Waals surface area contributed by atoms with E-state index >= 15 is 0 Å². The first-order valence-corrected chi connectivity index (χ1v) is 8.85. The Kier molecular flexibility index (Phi) is 6.39. The van der Waals surface area contributed by atoms with E-state index in [0.29, 0.717) is 25.3 Å². The van der Waals surface area contributed by atoms with Gasteiger partial charge in [-0.2, -0.15) is 5.10 Å². The van der Waals surface area contributed by atoms with Gasteiger partial charge in [-0.3, -0.25) is 20.2 Å². The molecule has 1 unspecified atom stereocenters. The van der Waals surface area contributed by atoms with Crippen LogP contribution in [-0.2, 0) is 4.74 Å². The van der Waals surface area contributed by atoms with Crippen molar-refractivity contribution in [3.63, 3.8) is 0 Å². The highest BCUT2D eigenvalue weighted by Crippen LogP contribution is 2.22. The number of hydrogen-bond donors (Lipinski definition) is 4. The summed E-state index contributed by atoms with van der Waals surface area (Å²) >= 11 is 0. The zero-order valence-corrected chi connectivity index (χ0v) is 15.2. The van der Waals surface area contributed by atoms with Crippen molar-refractivity contribution >= 4 is 11.9 Å². The molecule has 3 rings (SSSR count). The normalized spacial score (nSPS) is 15.7. The number of morpholine rings is 1. The fourth-order valence-electron chi connectivity index (χ4n) is 3.02. The number of benzene rings is 1. The summed E-state index contributed by atoms with van der Waals surface area (Å²) in [5.74, 6) is -0.442. The number of hydrogen-bond acceptors (Lipinski definition) is 5. The second kappa shape index (κ2) is 9.15. The van der Waals surface area contributed by atoms with Crippen LogP contribution in [-0.4, -0.2) is 59.9 Å². The molecule has 0 saturated carbocycles. The van der Waals surface area contributed by atoms with Crippen molar-refractivity contribution in [3.05, 3.63) is 53.3 Å². The van der Waals surface area contributed by atoms with Crippen molar-refractivity contribution in [1.29, 1.82) is 0 Å². The third-order valence-corrected chi connectivity index (χ3v) is 4.42. The maximum atomic E-state index is 12.1. The van der Waals surface area contributed by atoms with Gasteiger partial charge in [0, 0.05) is 25.8 Å². The molecule has 0 bridgehead atoms. The molecule has 1 fully saturated rings. The summed E-state index contributed by atoms with van der Waals surface area (Å²) in [6.45, 7) is 5.42. The van der Waals surface area contributed by atoms with Crippen LogP contribution in [0.25, 0.3) is 0 Å². The number of hydrazine groups is 1. The number of ether oxygens (including phenoxy) is 1. The molecular weight excluding hydrogens is 348 g/mol. The molecule has 27 heavy (non-hydrogen) atoms. The van der Waals surface area contributed by atoms with E-state index in [0.717, 1.165) is 18.7 Å². The zero-order valence-electron chi connectivity index (χ0n) is 15.2. The average Bonchev–Trinajstić information content (AvgIpc) is 3.22. The van der Waals surface area contributed by atoms with E-state index in [9.17, 15) is 9.59 Å². The first-order chi connectivity index (χ1) is 13.1. The van der Waals surface area contributed by atoms with Gasteiger partial charge < -0.3 is 10.1 Å². The summed E-state index contributed by atoms with van der Waals surface area (Å²) in [6.07, 6.45) is 2.82. The standard InChI is InChI=1S/C18H24N6O3/c1-13-3-2-4-14(9-13)16(24-5-7-27-8-6-24)12-19-18(26)23-22-17(25)15-10-20-21-11-15/h2-4,9-11,16H,5-8,12H2,1H3,(H,20,21)(H,22,25)(H2,19,23,26). The molecule has 1 aliphatic rings. The van der Waals surface area contributed by atoms with Crippen molar-refractivity contribution in [2.75, 3.05) is 32.8 Å². The minimum atomic E-state index is -0.474. The highest BCUT2D eigenvalue weighted by atomic mass is 16.5. The van der Waals surface area contributed by atoms with Gasteiger partial charge in [0.05, 0.1) is 31.0 Å². The van der Waals surface area contributed by atoms with E-state index in [-0.39, 0.29) is 6.04 Å². The predicted octanol–water partition coefficient (Wildman–Crippen LogP) is 0.736. The number of carbonyl (C=O) groups is 2. The Bertz CT molecular complexity index is 758. The first kappa shape index (κ1) is 18.9. The number of nitrogens with zero attached hydrogens (tertiary/aromatic N) is 2. The lowest BCUT2D eigenvalue weighted by molar-refractivity contribution is 0.0166. The second-order valence-corrected chi connectivity index (χ2v) is 6.35. The first-order valence-electron chi connectivity index (χ1n) is 8.85. The molecule has 1 aliphatic heterocycles. The molecule has 0 radical (unpaired) electrons. The summed E-state index contributed by atoms with van der Waals surface area (Å²) in [5.41, 5.74) is 7.34. The summed E-state index contributed by atoms with van der Waals surface area (Å²) in [4.78, 5) is 26.2. The molecule has 2 heterocycles. The van der Waals surface area contributed by atoms with Gasteiger partial charge in [-0.25, -0.2) is 10.2 Å². The third-order valence-electron chi connectivity index (χ3n) is 4.42. The van der Waals surface area contributed by atoms with Gasteiger partial charge in [0.1, 0.15) is 0 Å². The van der Waals surface area contributed by atoms with Gasteiger partial charge >= 0.3 is 6.03 Å². The number of amides is 3. The van der Waals surface area contributed by atoms with E-state index in [1.54, 1.807) is 0 Å². The van der Waals surface area contributed by atoms with Gasteiger partial charge in [0.15, 0.2) is 0 Å². The lowest BCUT2D eigenvalue weighted by atomic mass is 10.0. The van der Waals surface area contributed by atoms with Crippen LogP contribution in [0.1, 0.15) is 27.5 Å². The Labute approximate surface area is 157 Å². The Morgan fingerprint density at radius 1 is 1.30 bits per heavy atom. The van der Waals surface area contributed by atoms with Crippen molar-refractivity contribution in [1.82, 2.24) is 31.3 Å². The Balaban J connectivity index is 1.57. The van der Waals surface area contributed by atoms with Gasteiger partial charge in [-0.15, -0.1) is 0 Å². The largest absolute Gasteiger partial charge is 0.379 e. The summed E-state index contributed by atoms with van der Waals surface area (Å²) in [7, 11) is 0. The smallest absolute Gasteiger partial charge is 0.333 e. The lowest BCUT2D eigenvalue weighted by Gasteiger charge is -2.35. The number of carbonyl (C=O) groups excluding carboxylic acids is 2. The van der Waals surface area contributed by atoms with E-state index in [1.807, 2.05) is 19.1 Å². The molecule has 144 valence electrons. The number of aryl methyl sites for hydroxylation is 1. The average molecular weight is 372 g/mol. The van der Waals surface area contributed by atoms with Crippen LogP contribution in [0.5, 0.6) is 0 Å². The van der Waals surface area contributed by atoms with E-state index in [4.69, 9.17) is 4.74 Å². The molecule has 1 atom stereocenters. The van der Waals surface area contributed by atoms with Gasteiger partial charge in [0.2, 0.25) is 0 Å². The molecule has 9 nitrogen and oxygen atoms in total. The van der Waals surface area contributed by atoms with E-state index in [1.165, 1.54) is 18.0 Å². The van der Waals surface area contributed by atoms with Crippen LogP contribution < -0.4 is 16.2 Å². The quantitative estimate of drug-likeness (QED) is 0.579. The van der Waals surface area contributed by atoms with Gasteiger partial charge in [-0.1, -0.05) is 29.8 Å². The third kappa shape index (κ3) is 5.28. The van der Waals surface area contributed by atoms with Crippen molar-refractivity contribution in [3.8, 4) is 0 Å². The summed E-state index contributed by atoms with van der Waals surface area (Å²) < 4.78 is 5.44. The van der Waals surface area contributed by atoms with Crippen molar-refractivity contribution in [2.24, 2.45) is 0 Å². The molecule has 9 heteroatoms. The predicted molar refractivity (Wildman–Crippen MR) is 98.9 cm³/mol. The number of nitrogens with one attached hydrogen (secondary N) is 4. The van der Waals surface area contributed by atoms with Crippen molar-refractivity contribution < 1.29 is 14.3 Å². The SMILES string of the molecule is Cc1cccc(C(CNC(=O)NNC(=O)c2cn[nH]c2)N2CCOCC2)c1. The number of aromatic nitrogens is 2. The van der Waals surface area contributed by atoms with Crippen LogP contribution >= 0.6 is 0 Å². The van der Waals surface area contributed by atoms with Crippen LogP contribution in [0.2, 0.25) is 0 Å². The van der Waals surface area contributed by atoms with Gasteiger partial charge in [-0.05, 0) is 12.5 Å². The Hall–Kier alpha value is -2.91. The van der Waals surface area contributed by atoms with Crippen LogP contribution in [0.15, 0.2) is 36.7 Å². The molecule has 1 aromatic carbocycles. The van der Waals surface area contributed by atoms with E-state index in [2.05, 4.69) is 43.4 Å². The Morgan fingerprint density at radius 2 is 2.11 bits per heavy atom. The number of aromatic amines is 1. The van der Waals surface area contributed by atoms with Crippen molar-refractivity contribution in [2.45, 2.75) is 13.0 Å². The Morgan fingerprint density at radius 3 is 2.81 bits per heavy atom. The summed E-state index contributed by atoms with van der Waals surface area (Å²) in [6, 6.07) is 7.81. The zero-order chi connectivity index (χ0) is 19.1. The molecule has 0 aliphatic carbocycles. The van der Waals surface area contributed by atoms with Crippen LogP contribution in [0, 0.1) is 6.92 Å². The highest BCUT2D eigenvalue weighted by molar-refractivity contribution is 5.94. The van der Waals surface area contributed by atoms with Gasteiger partial charge in [0.25, 0.3) is 5.91 Å². The number of rotatable bonds is 5. The molecular formula is C18H24N6O3. The fraction of sp³-hybridized carbons (Fsp3) is 0.389. The molecule has 0 spiro atoms. The highest BCUT2D eigenvalue weighted by Gasteiger charge is 2.23. The van der Waals surface area contributed by atoms with Crippen LogP contribution in [0.3, 0.4) is 0 Å². The minimum absolute atomic E-state index is 0.0316. The molecule has 3 amide bonds. The van der Waals surface area contributed by atoms with E-state index < -0.39 is 11.9 Å². The summed E-state index contributed by atoms with van der Waals surface area (Å²) in [5, 5.41) is 9.06. The number of H-pyrrole nitrogens is 1. The van der Waals surface area contributed by atoms with Crippen LogP contribution in [0.4, 0.5) is 4.79 Å². The maximum absolute atomic E-state index is 12.1. The monoisotopic (exact) mass is 372 g/mol. The second-order valence-electron chi connectivity index (χ2n) is 6.35. The molecule has 4 N–H and O–H groups in total. The molecule has 2 aromatic rings. The maximum Gasteiger partial charge on any atom is 0.333 e. The fourth-order valence-corrected chi connectivity index (χ4v) is 3.02. The molecule has 1 aromatic heterocycles. The molecule has 1 saturated heterocycles. The topological polar surface area (TPSA) is 111 Å². The minimum Gasteiger partial charge on any atom is -0.379 e.